The highest BCUT2D eigenvalue weighted by molar-refractivity contribution is 6.17. The fraction of sp³-hybridized carbons (Fsp3) is 0.909. The third-order valence-corrected chi connectivity index (χ3v) is 3.21. The standard InChI is InChI=1S/C11H20ClNO3/c12-8-2-1-3-10(14)13-9-4-6-11(15,16)7-5-9/h9,15-16H,1-8H2,(H,13,14). The van der Waals surface area contributed by atoms with Crippen LogP contribution >= 0.6 is 11.6 Å². The van der Waals surface area contributed by atoms with E-state index in [0.29, 0.717) is 38.0 Å². The molecule has 0 heterocycles. The van der Waals surface area contributed by atoms with E-state index in [4.69, 9.17) is 11.6 Å². The van der Waals surface area contributed by atoms with Gasteiger partial charge in [-0.2, -0.15) is 0 Å². The topological polar surface area (TPSA) is 69.6 Å². The van der Waals surface area contributed by atoms with Gasteiger partial charge in [-0.05, 0) is 25.7 Å². The molecule has 1 aliphatic rings. The molecule has 1 fully saturated rings. The zero-order chi connectivity index (χ0) is 12.0. The van der Waals surface area contributed by atoms with Crippen molar-refractivity contribution >= 4 is 17.5 Å². The molecular formula is C11H20ClNO3. The molecular weight excluding hydrogens is 230 g/mol. The van der Waals surface area contributed by atoms with Crippen molar-refractivity contribution in [1.82, 2.24) is 5.32 Å². The minimum atomic E-state index is -1.53. The molecule has 0 aromatic rings. The molecule has 0 unspecified atom stereocenters. The molecule has 0 bridgehead atoms. The minimum absolute atomic E-state index is 0.0403. The van der Waals surface area contributed by atoms with Gasteiger partial charge >= 0.3 is 0 Å². The fourth-order valence-corrected chi connectivity index (χ4v) is 2.09. The van der Waals surface area contributed by atoms with E-state index >= 15 is 0 Å². The van der Waals surface area contributed by atoms with E-state index in [1.165, 1.54) is 0 Å². The van der Waals surface area contributed by atoms with E-state index in [9.17, 15) is 15.0 Å². The molecule has 5 heteroatoms. The van der Waals surface area contributed by atoms with Gasteiger partial charge in [0.2, 0.25) is 5.91 Å². The highest BCUT2D eigenvalue weighted by Gasteiger charge is 2.30. The monoisotopic (exact) mass is 249 g/mol. The van der Waals surface area contributed by atoms with Gasteiger partial charge in [-0.1, -0.05) is 0 Å². The SMILES string of the molecule is O=C(CCCCCl)NC1CCC(O)(O)CC1. The van der Waals surface area contributed by atoms with E-state index in [1.54, 1.807) is 0 Å². The van der Waals surface area contributed by atoms with E-state index in [-0.39, 0.29) is 11.9 Å². The van der Waals surface area contributed by atoms with Crippen LogP contribution in [0.25, 0.3) is 0 Å². The first-order valence-electron chi connectivity index (χ1n) is 5.83. The van der Waals surface area contributed by atoms with Crippen molar-refractivity contribution in [2.45, 2.75) is 56.8 Å². The summed E-state index contributed by atoms with van der Waals surface area (Å²) >= 11 is 5.52. The Morgan fingerprint density at radius 1 is 1.31 bits per heavy atom. The second kappa shape index (κ2) is 6.42. The molecule has 0 aromatic carbocycles. The van der Waals surface area contributed by atoms with Crippen LogP contribution in [0.4, 0.5) is 0 Å². The Kier molecular flexibility index (Phi) is 5.52. The summed E-state index contributed by atoms with van der Waals surface area (Å²) in [6.07, 6.45) is 4.11. The number of carbonyl (C=O) groups is 1. The first kappa shape index (κ1) is 13.7. The molecule has 0 spiro atoms. The average Bonchev–Trinajstić information content (AvgIpc) is 2.22. The van der Waals surface area contributed by atoms with E-state index in [2.05, 4.69) is 5.32 Å². The third kappa shape index (κ3) is 5.14. The molecule has 0 atom stereocenters. The summed E-state index contributed by atoms with van der Waals surface area (Å²) in [4.78, 5) is 11.5. The Morgan fingerprint density at radius 2 is 1.94 bits per heavy atom. The summed E-state index contributed by atoms with van der Waals surface area (Å²) in [5.41, 5.74) is 0. The summed E-state index contributed by atoms with van der Waals surface area (Å²) in [5, 5.41) is 21.6. The zero-order valence-corrected chi connectivity index (χ0v) is 10.2. The predicted octanol–water partition coefficient (Wildman–Crippen LogP) is 1.14. The van der Waals surface area contributed by atoms with Crippen LogP contribution in [0.5, 0.6) is 0 Å². The van der Waals surface area contributed by atoms with Crippen LogP contribution in [0.15, 0.2) is 0 Å². The number of rotatable bonds is 5. The number of carbonyl (C=O) groups excluding carboxylic acids is 1. The molecule has 1 rings (SSSR count). The van der Waals surface area contributed by atoms with Crippen LogP contribution in [-0.4, -0.2) is 33.8 Å². The van der Waals surface area contributed by atoms with E-state index in [1.807, 2.05) is 0 Å². The number of alkyl halides is 1. The van der Waals surface area contributed by atoms with Crippen molar-refractivity contribution in [3.63, 3.8) is 0 Å². The third-order valence-electron chi connectivity index (χ3n) is 2.94. The summed E-state index contributed by atoms with van der Waals surface area (Å²) in [7, 11) is 0. The Morgan fingerprint density at radius 3 is 2.50 bits per heavy atom. The number of aliphatic hydroxyl groups is 2. The van der Waals surface area contributed by atoms with Crippen molar-refractivity contribution in [2.24, 2.45) is 0 Å². The van der Waals surface area contributed by atoms with Crippen LogP contribution in [0.2, 0.25) is 0 Å². The number of hydrogen-bond donors (Lipinski definition) is 3. The highest BCUT2D eigenvalue weighted by Crippen LogP contribution is 2.25. The van der Waals surface area contributed by atoms with Crippen LogP contribution in [0.1, 0.15) is 44.9 Å². The Balaban J connectivity index is 2.16. The largest absolute Gasteiger partial charge is 0.366 e. The van der Waals surface area contributed by atoms with Gasteiger partial charge in [-0.15, -0.1) is 11.6 Å². The molecule has 0 aliphatic heterocycles. The summed E-state index contributed by atoms with van der Waals surface area (Å²) in [6.45, 7) is 0. The molecule has 3 N–H and O–H groups in total. The summed E-state index contributed by atoms with van der Waals surface area (Å²) in [6, 6.07) is 0.0935. The van der Waals surface area contributed by atoms with Gasteiger partial charge in [0.1, 0.15) is 0 Å². The van der Waals surface area contributed by atoms with Crippen LogP contribution in [-0.2, 0) is 4.79 Å². The number of halogens is 1. The maximum atomic E-state index is 11.5. The number of hydrogen-bond acceptors (Lipinski definition) is 3. The Hall–Kier alpha value is -0.320. The van der Waals surface area contributed by atoms with Crippen LogP contribution in [0.3, 0.4) is 0 Å². The lowest BCUT2D eigenvalue weighted by atomic mass is 9.90. The van der Waals surface area contributed by atoms with Gasteiger partial charge < -0.3 is 15.5 Å². The zero-order valence-electron chi connectivity index (χ0n) is 9.41. The van der Waals surface area contributed by atoms with Crippen molar-refractivity contribution in [3.05, 3.63) is 0 Å². The fourth-order valence-electron chi connectivity index (χ4n) is 1.90. The first-order valence-corrected chi connectivity index (χ1v) is 6.37. The van der Waals surface area contributed by atoms with Crippen molar-refractivity contribution < 1.29 is 15.0 Å². The van der Waals surface area contributed by atoms with Gasteiger partial charge in [0.25, 0.3) is 0 Å². The molecule has 1 saturated carbocycles. The lowest BCUT2D eigenvalue weighted by Crippen LogP contribution is -2.43. The van der Waals surface area contributed by atoms with Crippen molar-refractivity contribution in [1.29, 1.82) is 0 Å². The van der Waals surface area contributed by atoms with Gasteiger partial charge in [-0.25, -0.2) is 0 Å². The molecule has 0 radical (unpaired) electrons. The highest BCUT2D eigenvalue weighted by atomic mass is 35.5. The maximum Gasteiger partial charge on any atom is 0.220 e. The van der Waals surface area contributed by atoms with Gasteiger partial charge in [0, 0.05) is 31.2 Å². The molecule has 4 nitrogen and oxygen atoms in total. The lowest BCUT2D eigenvalue weighted by molar-refractivity contribution is -0.183. The quantitative estimate of drug-likeness (QED) is 0.389. The Bertz CT molecular complexity index is 223. The van der Waals surface area contributed by atoms with Crippen LogP contribution < -0.4 is 5.32 Å². The van der Waals surface area contributed by atoms with Crippen molar-refractivity contribution in [2.75, 3.05) is 5.88 Å². The smallest absolute Gasteiger partial charge is 0.220 e. The van der Waals surface area contributed by atoms with Crippen molar-refractivity contribution in [3.8, 4) is 0 Å². The lowest BCUT2D eigenvalue weighted by Gasteiger charge is -2.32. The first-order chi connectivity index (χ1) is 7.53. The molecule has 0 aromatic heterocycles. The molecule has 1 amide bonds. The normalized spacial score (nSPS) is 20.7. The number of amides is 1. The maximum absolute atomic E-state index is 11.5. The minimum Gasteiger partial charge on any atom is -0.366 e. The Labute approximate surface area is 101 Å². The summed E-state index contributed by atoms with van der Waals surface area (Å²) in [5.74, 6) is -0.896. The average molecular weight is 250 g/mol. The van der Waals surface area contributed by atoms with E-state index < -0.39 is 5.79 Å². The summed E-state index contributed by atoms with van der Waals surface area (Å²) < 4.78 is 0. The molecule has 16 heavy (non-hydrogen) atoms. The van der Waals surface area contributed by atoms with Gasteiger partial charge in [0.15, 0.2) is 5.79 Å². The van der Waals surface area contributed by atoms with Gasteiger partial charge in [-0.3, -0.25) is 4.79 Å². The van der Waals surface area contributed by atoms with E-state index in [0.717, 1.165) is 12.8 Å². The molecule has 0 saturated heterocycles. The molecule has 1 aliphatic carbocycles. The number of nitrogens with one attached hydrogen (secondary N) is 1. The second-order valence-corrected chi connectivity index (χ2v) is 4.85. The van der Waals surface area contributed by atoms with Crippen LogP contribution in [0, 0.1) is 0 Å². The molecule has 94 valence electrons. The number of unbranched alkanes of at least 4 members (excludes halogenated alkanes) is 1. The predicted molar refractivity (Wildman–Crippen MR) is 62.1 cm³/mol. The van der Waals surface area contributed by atoms with Gasteiger partial charge in [0.05, 0.1) is 0 Å². The second-order valence-electron chi connectivity index (χ2n) is 4.47.